The van der Waals surface area contributed by atoms with Crippen LogP contribution < -0.4 is 5.32 Å². The van der Waals surface area contributed by atoms with E-state index in [1.807, 2.05) is 14.0 Å². The topological polar surface area (TPSA) is 64.0 Å². The molecule has 0 aromatic carbocycles. The van der Waals surface area contributed by atoms with Gasteiger partial charge in [-0.15, -0.1) is 0 Å². The van der Waals surface area contributed by atoms with Crippen molar-refractivity contribution in [3.8, 4) is 0 Å². The highest BCUT2D eigenvalue weighted by Crippen LogP contribution is 2.20. The maximum Gasteiger partial charge on any atom is 0.151 e. The Kier molecular flexibility index (Phi) is 3.99. The molecule has 1 saturated heterocycles. The predicted octanol–water partition coefficient (Wildman–Crippen LogP) is 1.05. The second-order valence-corrected chi connectivity index (χ2v) is 7.41. The predicted molar refractivity (Wildman–Crippen MR) is 71.5 cm³/mol. The molecule has 18 heavy (non-hydrogen) atoms. The maximum absolute atomic E-state index is 11.5. The van der Waals surface area contributed by atoms with Crippen molar-refractivity contribution in [1.29, 1.82) is 0 Å². The molecule has 5 nitrogen and oxygen atoms in total. The molecule has 2 rings (SSSR count). The fourth-order valence-electron chi connectivity index (χ4n) is 2.30. The zero-order valence-electron chi connectivity index (χ0n) is 10.6. The number of aryl methyl sites for hydroxylation is 2. The lowest BCUT2D eigenvalue weighted by atomic mass is 10.2. The van der Waals surface area contributed by atoms with Gasteiger partial charge in [0.2, 0.25) is 0 Å². The van der Waals surface area contributed by atoms with Gasteiger partial charge in [-0.3, -0.25) is 4.68 Å². The molecular formula is C11H18ClN3O2S. The van der Waals surface area contributed by atoms with E-state index in [1.165, 1.54) is 0 Å². The van der Waals surface area contributed by atoms with Gasteiger partial charge in [-0.25, -0.2) is 8.42 Å². The molecule has 2 heterocycles. The molecule has 0 radical (unpaired) electrons. The molecule has 1 fully saturated rings. The summed E-state index contributed by atoms with van der Waals surface area (Å²) >= 11 is 6.15. The molecular weight excluding hydrogens is 274 g/mol. The number of hydrogen-bond acceptors (Lipinski definition) is 4. The first-order chi connectivity index (χ1) is 8.39. The SMILES string of the molecule is Cc1nn(C)c(CNC2CCCS(=O)(=O)C2)c1Cl. The number of hydrogen-bond donors (Lipinski definition) is 1. The Morgan fingerprint density at radius 1 is 1.56 bits per heavy atom. The third-order valence-corrected chi connectivity index (χ3v) is 5.60. The van der Waals surface area contributed by atoms with Crippen molar-refractivity contribution in [2.75, 3.05) is 11.5 Å². The Labute approximate surface area is 112 Å². The van der Waals surface area contributed by atoms with E-state index in [0.717, 1.165) is 24.2 Å². The molecule has 1 aromatic rings. The second kappa shape index (κ2) is 5.19. The van der Waals surface area contributed by atoms with Crippen molar-refractivity contribution in [2.45, 2.75) is 32.4 Å². The largest absolute Gasteiger partial charge is 0.307 e. The fraction of sp³-hybridized carbons (Fsp3) is 0.727. The third kappa shape index (κ3) is 3.05. The molecule has 1 unspecified atom stereocenters. The first-order valence-corrected chi connectivity index (χ1v) is 8.21. The van der Waals surface area contributed by atoms with Crippen molar-refractivity contribution in [3.05, 3.63) is 16.4 Å². The van der Waals surface area contributed by atoms with Crippen LogP contribution in [0.4, 0.5) is 0 Å². The van der Waals surface area contributed by atoms with Gasteiger partial charge >= 0.3 is 0 Å². The Hall–Kier alpha value is -0.590. The van der Waals surface area contributed by atoms with Gasteiger partial charge in [0, 0.05) is 19.6 Å². The number of nitrogens with one attached hydrogen (secondary N) is 1. The lowest BCUT2D eigenvalue weighted by Crippen LogP contribution is -2.40. The van der Waals surface area contributed by atoms with Crippen molar-refractivity contribution in [2.24, 2.45) is 7.05 Å². The first-order valence-electron chi connectivity index (χ1n) is 6.01. The Morgan fingerprint density at radius 3 is 2.83 bits per heavy atom. The number of sulfone groups is 1. The van der Waals surface area contributed by atoms with Crippen LogP contribution in [0.5, 0.6) is 0 Å². The zero-order valence-corrected chi connectivity index (χ0v) is 12.2. The maximum atomic E-state index is 11.5. The number of halogens is 1. The van der Waals surface area contributed by atoms with Crippen molar-refractivity contribution < 1.29 is 8.42 Å². The van der Waals surface area contributed by atoms with Gasteiger partial charge in [-0.1, -0.05) is 11.6 Å². The highest BCUT2D eigenvalue weighted by molar-refractivity contribution is 7.91. The molecule has 0 aliphatic carbocycles. The van der Waals surface area contributed by atoms with E-state index in [2.05, 4.69) is 10.4 Å². The van der Waals surface area contributed by atoms with Crippen LogP contribution in [0.2, 0.25) is 5.02 Å². The molecule has 7 heteroatoms. The van der Waals surface area contributed by atoms with Crippen LogP contribution in [0.3, 0.4) is 0 Å². The summed E-state index contributed by atoms with van der Waals surface area (Å²) in [6.45, 7) is 2.41. The Morgan fingerprint density at radius 2 is 2.28 bits per heavy atom. The summed E-state index contributed by atoms with van der Waals surface area (Å²) in [4.78, 5) is 0. The van der Waals surface area contributed by atoms with Crippen molar-refractivity contribution in [3.63, 3.8) is 0 Å². The number of rotatable bonds is 3. The molecule has 0 bridgehead atoms. The minimum absolute atomic E-state index is 0.0232. The van der Waals surface area contributed by atoms with E-state index in [0.29, 0.717) is 17.3 Å². The summed E-state index contributed by atoms with van der Waals surface area (Å²) in [7, 11) is -1.03. The highest BCUT2D eigenvalue weighted by atomic mass is 35.5. The molecule has 1 N–H and O–H groups in total. The van der Waals surface area contributed by atoms with Crippen LogP contribution >= 0.6 is 11.6 Å². The summed E-state index contributed by atoms with van der Waals surface area (Å²) in [6, 6.07) is 0.0232. The van der Waals surface area contributed by atoms with E-state index >= 15 is 0 Å². The van der Waals surface area contributed by atoms with Gasteiger partial charge in [0.15, 0.2) is 9.84 Å². The Bertz CT molecular complexity index is 539. The minimum Gasteiger partial charge on any atom is -0.307 e. The van der Waals surface area contributed by atoms with Crippen molar-refractivity contribution >= 4 is 21.4 Å². The highest BCUT2D eigenvalue weighted by Gasteiger charge is 2.24. The summed E-state index contributed by atoms with van der Waals surface area (Å²) in [5, 5.41) is 8.15. The molecule has 102 valence electrons. The zero-order chi connectivity index (χ0) is 13.3. The summed E-state index contributed by atoms with van der Waals surface area (Å²) in [6.07, 6.45) is 1.63. The van der Waals surface area contributed by atoms with Crippen molar-refractivity contribution in [1.82, 2.24) is 15.1 Å². The van der Waals surface area contributed by atoms with Gasteiger partial charge in [0.1, 0.15) is 0 Å². The average molecular weight is 292 g/mol. The van der Waals surface area contributed by atoms with Gasteiger partial charge < -0.3 is 5.32 Å². The Balaban J connectivity index is 1.99. The van der Waals surface area contributed by atoms with Crippen LogP contribution in [-0.4, -0.2) is 35.7 Å². The lowest BCUT2D eigenvalue weighted by molar-refractivity contribution is 0.471. The minimum atomic E-state index is -2.87. The van der Waals surface area contributed by atoms with Gasteiger partial charge in [0.25, 0.3) is 0 Å². The van der Waals surface area contributed by atoms with Gasteiger partial charge in [-0.2, -0.15) is 5.10 Å². The second-order valence-electron chi connectivity index (χ2n) is 4.80. The number of aromatic nitrogens is 2. The van der Waals surface area contributed by atoms with E-state index in [4.69, 9.17) is 11.6 Å². The van der Waals surface area contributed by atoms with E-state index in [-0.39, 0.29) is 11.8 Å². The molecule has 1 aliphatic heterocycles. The monoisotopic (exact) mass is 291 g/mol. The smallest absolute Gasteiger partial charge is 0.151 e. The fourth-order valence-corrected chi connectivity index (χ4v) is 4.19. The molecule has 1 atom stereocenters. The standard InChI is InChI=1S/C11H18ClN3O2S/c1-8-11(12)10(15(2)14-8)6-13-9-4-3-5-18(16,17)7-9/h9,13H,3-7H2,1-2H3. The van der Waals surface area contributed by atoms with E-state index in [9.17, 15) is 8.42 Å². The van der Waals surface area contributed by atoms with Crippen LogP contribution in [-0.2, 0) is 23.4 Å². The molecule has 0 amide bonds. The van der Waals surface area contributed by atoms with E-state index < -0.39 is 9.84 Å². The molecule has 1 aromatic heterocycles. The van der Waals surface area contributed by atoms with Crippen LogP contribution in [0.15, 0.2) is 0 Å². The number of nitrogens with zero attached hydrogens (tertiary/aromatic N) is 2. The average Bonchev–Trinajstić information content (AvgIpc) is 2.50. The molecule has 0 spiro atoms. The summed E-state index contributed by atoms with van der Waals surface area (Å²) < 4.78 is 24.8. The van der Waals surface area contributed by atoms with Crippen LogP contribution in [0.25, 0.3) is 0 Å². The molecule has 0 saturated carbocycles. The van der Waals surface area contributed by atoms with E-state index in [1.54, 1.807) is 4.68 Å². The summed E-state index contributed by atoms with van der Waals surface area (Å²) in [5.41, 5.74) is 1.70. The normalized spacial score (nSPS) is 23.2. The third-order valence-electron chi connectivity index (χ3n) is 3.28. The van der Waals surface area contributed by atoms with Crippen LogP contribution in [0, 0.1) is 6.92 Å². The van der Waals surface area contributed by atoms with Gasteiger partial charge in [0.05, 0.1) is 27.9 Å². The summed E-state index contributed by atoms with van der Waals surface area (Å²) in [5.74, 6) is 0.540. The first kappa shape index (κ1) is 13.8. The van der Waals surface area contributed by atoms with Gasteiger partial charge in [-0.05, 0) is 19.8 Å². The van der Waals surface area contributed by atoms with Crippen LogP contribution in [0.1, 0.15) is 24.2 Å². The lowest BCUT2D eigenvalue weighted by Gasteiger charge is -2.23. The quantitative estimate of drug-likeness (QED) is 0.904. The molecule has 1 aliphatic rings.